The molecule has 0 radical (unpaired) electrons. The maximum Gasteiger partial charge on any atom is 0.230 e. The molecule has 23 heavy (non-hydrogen) atoms. The van der Waals surface area contributed by atoms with Crippen molar-refractivity contribution in [2.75, 3.05) is 5.32 Å². The minimum Gasteiger partial charge on any atom is -0.326 e. The van der Waals surface area contributed by atoms with E-state index in [9.17, 15) is 9.59 Å². The molecule has 1 aromatic rings. The van der Waals surface area contributed by atoms with E-state index < -0.39 is 5.41 Å². The van der Waals surface area contributed by atoms with E-state index in [4.69, 9.17) is 11.6 Å². The number of benzene rings is 1. The lowest BCUT2D eigenvalue weighted by Gasteiger charge is -2.45. The van der Waals surface area contributed by atoms with Crippen LogP contribution in [0.5, 0.6) is 0 Å². The zero-order valence-electron chi connectivity index (χ0n) is 14.4. The fraction of sp³-hybridized carbons (Fsp3) is 0.579. The van der Waals surface area contributed by atoms with Crippen molar-refractivity contribution >= 4 is 29.0 Å². The Hall–Kier alpha value is -1.35. The van der Waals surface area contributed by atoms with Crippen LogP contribution in [0.1, 0.15) is 53.4 Å². The zero-order valence-corrected chi connectivity index (χ0v) is 15.2. The second-order valence-electron chi connectivity index (χ2n) is 8.05. The smallest absolute Gasteiger partial charge is 0.230 e. The first kappa shape index (κ1) is 18.0. The zero-order chi connectivity index (χ0) is 17.3. The number of Topliss-reactive ketones (excluding diaryl/α,β-unsaturated/α-hetero) is 1. The molecule has 3 nitrogen and oxygen atoms in total. The highest BCUT2D eigenvalue weighted by molar-refractivity contribution is 6.30. The number of amides is 1. The molecule has 4 heteroatoms. The van der Waals surface area contributed by atoms with Crippen molar-refractivity contribution in [1.29, 1.82) is 0 Å². The summed E-state index contributed by atoms with van der Waals surface area (Å²) in [5.74, 6) is 0.484. The standard InChI is InChI=1S/C19H26ClNO2/c1-13(22)8-14-10-18(2,3)12-19(4,11-14)17(23)21-16-7-5-6-15(20)9-16/h5-7,9,14H,8,10-12H2,1-4H3,(H,21,23). The lowest BCUT2D eigenvalue weighted by atomic mass is 9.59. The van der Waals surface area contributed by atoms with Crippen LogP contribution in [0.2, 0.25) is 5.02 Å². The molecule has 0 bridgehead atoms. The van der Waals surface area contributed by atoms with Crippen LogP contribution < -0.4 is 5.32 Å². The third-order valence-corrected chi connectivity index (χ3v) is 4.89. The normalized spacial score (nSPS) is 26.6. The molecule has 1 aliphatic carbocycles. The Morgan fingerprint density at radius 3 is 2.57 bits per heavy atom. The third kappa shape index (κ3) is 4.81. The van der Waals surface area contributed by atoms with Gasteiger partial charge >= 0.3 is 0 Å². The summed E-state index contributed by atoms with van der Waals surface area (Å²) in [6, 6.07) is 7.20. The summed E-state index contributed by atoms with van der Waals surface area (Å²) in [6.07, 6.45) is 3.12. The Balaban J connectivity index is 2.17. The molecule has 1 fully saturated rings. The van der Waals surface area contributed by atoms with Crippen molar-refractivity contribution < 1.29 is 9.59 Å². The fourth-order valence-electron chi connectivity index (χ4n) is 4.26. The summed E-state index contributed by atoms with van der Waals surface area (Å²) in [4.78, 5) is 24.4. The van der Waals surface area contributed by atoms with Crippen molar-refractivity contribution in [2.45, 2.75) is 53.4 Å². The predicted octanol–water partition coefficient (Wildman–Crippen LogP) is 5.09. The molecule has 2 rings (SSSR count). The molecule has 0 heterocycles. The summed E-state index contributed by atoms with van der Waals surface area (Å²) in [7, 11) is 0. The summed E-state index contributed by atoms with van der Waals surface area (Å²) in [5, 5.41) is 3.60. The Morgan fingerprint density at radius 2 is 1.96 bits per heavy atom. The molecule has 0 spiro atoms. The van der Waals surface area contributed by atoms with Crippen LogP contribution in [-0.4, -0.2) is 11.7 Å². The van der Waals surface area contributed by atoms with Gasteiger partial charge < -0.3 is 10.1 Å². The van der Waals surface area contributed by atoms with Gasteiger partial charge in [-0.3, -0.25) is 4.79 Å². The number of nitrogens with one attached hydrogen (secondary N) is 1. The van der Waals surface area contributed by atoms with Gasteiger partial charge in [0.2, 0.25) is 5.91 Å². The Labute approximate surface area is 143 Å². The summed E-state index contributed by atoms with van der Waals surface area (Å²) >= 11 is 5.99. The minimum absolute atomic E-state index is 0.0149. The number of carbonyl (C=O) groups excluding carboxylic acids is 2. The van der Waals surface area contributed by atoms with Gasteiger partial charge in [-0.2, -0.15) is 0 Å². The van der Waals surface area contributed by atoms with Gasteiger partial charge in [0.15, 0.2) is 0 Å². The van der Waals surface area contributed by atoms with Gasteiger partial charge in [-0.25, -0.2) is 0 Å². The molecule has 0 aromatic heterocycles. The van der Waals surface area contributed by atoms with E-state index in [0.717, 1.165) is 24.9 Å². The van der Waals surface area contributed by atoms with Gasteiger partial charge in [0, 0.05) is 22.5 Å². The number of ketones is 1. The van der Waals surface area contributed by atoms with Crippen molar-refractivity contribution in [2.24, 2.45) is 16.7 Å². The summed E-state index contributed by atoms with van der Waals surface area (Å²) < 4.78 is 0. The Morgan fingerprint density at radius 1 is 1.26 bits per heavy atom. The van der Waals surface area contributed by atoms with Crippen LogP contribution in [0.3, 0.4) is 0 Å². The maximum absolute atomic E-state index is 12.9. The lowest BCUT2D eigenvalue weighted by Crippen LogP contribution is -2.44. The van der Waals surface area contributed by atoms with Crippen molar-refractivity contribution in [3.8, 4) is 0 Å². The number of halogens is 1. The second kappa shape index (κ2) is 6.64. The monoisotopic (exact) mass is 335 g/mol. The lowest BCUT2D eigenvalue weighted by molar-refractivity contribution is -0.131. The SMILES string of the molecule is CC(=O)CC1CC(C)(C)CC(C)(C(=O)Nc2cccc(Cl)c2)C1. The number of hydrogen-bond acceptors (Lipinski definition) is 2. The molecule has 0 aliphatic heterocycles. The fourth-order valence-corrected chi connectivity index (χ4v) is 4.45. The van der Waals surface area contributed by atoms with Crippen LogP contribution in [0.25, 0.3) is 0 Å². The highest BCUT2D eigenvalue weighted by atomic mass is 35.5. The van der Waals surface area contributed by atoms with Crippen LogP contribution in [0, 0.1) is 16.7 Å². The number of rotatable bonds is 4. The molecule has 1 N–H and O–H groups in total. The largest absolute Gasteiger partial charge is 0.326 e. The van der Waals surface area contributed by atoms with E-state index in [-0.39, 0.29) is 23.0 Å². The van der Waals surface area contributed by atoms with Crippen LogP contribution in [0.4, 0.5) is 5.69 Å². The van der Waals surface area contributed by atoms with Gasteiger partial charge in [-0.1, -0.05) is 38.4 Å². The van der Waals surface area contributed by atoms with Gasteiger partial charge in [-0.05, 0) is 55.7 Å². The molecule has 1 saturated carbocycles. The molecular weight excluding hydrogens is 310 g/mol. The quantitative estimate of drug-likeness (QED) is 0.833. The van der Waals surface area contributed by atoms with E-state index in [0.29, 0.717) is 11.4 Å². The van der Waals surface area contributed by atoms with Crippen LogP contribution in [0.15, 0.2) is 24.3 Å². The molecule has 1 aromatic carbocycles. The molecule has 1 amide bonds. The molecular formula is C19H26ClNO2. The first-order valence-electron chi connectivity index (χ1n) is 8.16. The number of carbonyl (C=O) groups is 2. The number of hydrogen-bond donors (Lipinski definition) is 1. The van der Waals surface area contributed by atoms with E-state index in [2.05, 4.69) is 19.2 Å². The van der Waals surface area contributed by atoms with E-state index in [1.165, 1.54) is 0 Å². The van der Waals surface area contributed by atoms with Crippen molar-refractivity contribution in [3.05, 3.63) is 29.3 Å². The van der Waals surface area contributed by atoms with Gasteiger partial charge in [0.05, 0.1) is 0 Å². The highest BCUT2D eigenvalue weighted by Crippen LogP contribution is 2.50. The van der Waals surface area contributed by atoms with Crippen LogP contribution in [-0.2, 0) is 9.59 Å². The van der Waals surface area contributed by atoms with Gasteiger partial charge in [0.25, 0.3) is 0 Å². The van der Waals surface area contributed by atoms with Crippen molar-refractivity contribution in [1.82, 2.24) is 0 Å². The Kier molecular flexibility index (Phi) is 5.20. The van der Waals surface area contributed by atoms with Gasteiger partial charge in [-0.15, -0.1) is 0 Å². The second-order valence-corrected chi connectivity index (χ2v) is 8.48. The van der Waals surface area contributed by atoms with E-state index in [1.807, 2.05) is 19.1 Å². The Bertz CT molecular complexity index is 611. The molecule has 2 unspecified atom stereocenters. The first-order valence-corrected chi connectivity index (χ1v) is 8.54. The van der Waals surface area contributed by atoms with Gasteiger partial charge in [0.1, 0.15) is 5.78 Å². The molecule has 2 atom stereocenters. The minimum atomic E-state index is -0.468. The average Bonchev–Trinajstić information content (AvgIpc) is 2.35. The summed E-state index contributed by atoms with van der Waals surface area (Å²) in [6.45, 7) is 8.01. The number of anilines is 1. The maximum atomic E-state index is 12.9. The molecule has 1 aliphatic rings. The third-order valence-electron chi connectivity index (χ3n) is 4.66. The average molecular weight is 336 g/mol. The van der Waals surface area contributed by atoms with Crippen LogP contribution >= 0.6 is 11.6 Å². The molecule has 0 saturated heterocycles. The topological polar surface area (TPSA) is 46.2 Å². The van der Waals surface area contributed by atoms with E-state index in [1.54, 1.807) is 19.1 Å². The van der Waals surface area contributed by atoms with E-state index >= 15 is 0 Å². The first-order chi connectivity index (χ1) is 10.6. The van der Waals surface area contributed by atoms with Crippen molar-refractivity contribution in [3.63, 3.8) is 0 Å². The molecule has 126 valence electrons. The predicted molar refractivity (Wildman–Crippen MR) is 94.6 cm³/mol. The highest BCUT2D eigenvalue weighted by Gasteiger charge is 2.45. The summed E-state index contributed by atoms with van der Waals surface area (Å²) in [5.41, 5.74) is 0.304.